The van der Waals surface area contributed by atoms with Crippen molar-refractivity contribution < 1.29 is 111 Å². The van der Waals surface area contributed by atoms with Crippen LogP contribution >= 0.6 is 0 Å². The number of methoxy groups -OCH3 is 4. The monoisotopic (exact) mass is 1220 g/mol. The van der Waals surface area contributed by atoms with E-state index < -0.39 is 170 Å². The first-order valence-electron chi connectivity index (χ1n) is 31.7. The van der Waals surface area contributed by atoms with Gasteiger partial charge < -0.3 is 101 Å². The molecular weight excluding hydrogens is 1110 g/mol. The number of rotatable bonds is 19. The van der Waals surface area contributed by atoms with Gasteiger partial charge in [-0.3, -0.25) is 9.59 Å². The molecule has 0 radical (unpaired) electrons. The fourth-order valence-electron chi connectivity index (χ4n) is 17.0. The summed E-state index contributed by atoms with van der Waals surface area (Å²) in [6.45, 7) is 20.1. The molecule has 5 N–H and O–H groups in total. The minimum atomic E-state index is -1.63. The Morgan fingerprint density at radius 3 is 1.59 bits per heavy atom. The van der Waals surface area contributed by atoms with Gasteiger partial charge in [0.2, 0.25) is 0 Å². The quantitative estimate of drug-likeness (QED) is 0.0862. The number of esters is 2. The van der Waals surface area contributed by atoms with Gasteiger partial charge in [-0.15, -0.1) is 0 Å². The number of carbonyl (C=O) groups is 2. The fraction of sp³-hybridized carbons (Fsp3) is 0.968. The molecule has 0 spiro atoms. The highest BCUT2D eigenvalue weighted by Crippen LogP contribution is 2.71. The molecule has 1 unspecified atom stereocenters. The van der Waals surface area contributed by atoms with Crippen molar-refractivity contribution in [1.29, 1.82) is 0 Å². The number of aliphatic hydroxyl groups excluding tert-OH is 3. The third-order valence-corrected chi connectivity index (χ3v) is 22.4. The summed E-state index contributed by atoms with van der Waals surface area (Å²) in [7, 11) is 6.22. The van der Waals surface area contributed by atoms with Crippen LogP contribution in [0, 0.1) is 34.5 Å². The second-order valence-electron chi connectivity index (χ2n) is 27.0. The fourth-order valence-corrected chi connectivity index (χ4v) is 17.0. The summed E-state index contributed by atoms with van der Waals surface area (Å²) in [6, 6.07) is 0. The molecule has 23 heteroatoms. The molecule has 0 bridgehead atoms. The van der Waals surface area contributed by atoms with E-state index in [0.29, 0.717) is 38.5 Å². The lowest BCUT2D eigenvalue weighted by Crippen LogP contribution is -2.72. The molecule has 5 heterocycles. The predicted molar refractivity (Wildman–Crippen MR) is 300 cm³/mol. The number of ether oxygens (including phenoxy) is 16. The van der Waals surface area contributed by atoms with Gasteiger partial charge >= 0.3 is 11.9 Å². The minimum absolute atomic E-state index is 0.00482. The van der Waals surface area contributed by atoms with E-state index >= 15 is 0 Å². The van der Waals surface area contributed by atoms with Gasteiger partial charge in [0.1, 0.15) is 60.5 Å². The maximum absolute atomic E-state index is 13.1. The summed E-state index contributed by atoms with van der Waals surface area (Å²) in [5.74, 6) is -1.17. The molecule has 4 aliphatic carbocycles. The molecule has 9 aliphatic rings. The van der Waals surface area contributed by atoms with Crippen molar-refractivity contribution >= 4 is 11.9 Å². The Labute approximate surface area is 502 Å². The summed E-state index contributed by atoms with van der Waals surface area (Å²) >= 11 is 0. The summed E-state index contributed by atoms with van der Waals surface area (Å²) in [5.41, 5.74) is -4.52. The molecule has 9 fully saturated rings. The van der Waals surface area contributed by atoms with Crippen LogP contribution in [0.25, 0.3) is 0 Å². The van der Waals surface area contributed by atoms with E-state index in [0.717, 1.165) is 32.1 Å². The summed E-state index contributed by atoms with van der Waals surface area (Å²) in [5, 5.41) is 58.9. The molecule has 5 saturated heterocycles. The number of carbonyl (C=O) groups excluding carboxylic acids is 2. The van der Waals surface area contributed by atoms with Crippen LogP contribution in [-0.2, 0) is 85.4 Å². The van der Waals surface area contributed by atoms with Crippen LogP contribution in [0.4, 0.5) is 0 Å². The zero-order valence-electron chi connectivity index (χ0n) is 52.9. The van der Waals surface area contributed by atoms with Crippen LogP contribution in [0.5, 0.6) is 0 Å². The van der Waals surface area contributed by atoms with Gasteiger partial charge in [0.15, 0.2) is 31.5 Å². The standard InChI is InChI=1S/C62H104O23/c1-16-29(2)57(67)79-35(8)61(68)21-22-62(69)39-18-17-37-23-38(19-20-59(37,10)40(39)24-45(60(61,62)11)80-36(9)63)81-46-25-41(64)52(31(4)74-46)82-47-26-42(70-12)53(32(5)75-47)83-48-27-43(71-13)54(33(6)76-48)84-49-28-44(72-14)55(34(7)77-49)85-58-51(66)56(73-15)50(65)30(3)78-58/h29-35,37-56,58,64-66,68-69H,16-28H2,1-15H3/t29?,30-,31-,32-,33-,34-,35-,37+,38+,39-,40+,41+,42+,43-,44-,45-,46+,47+,48+,49+,50-,51-,52-,53-,54-,55-,56+,58+,59+,60-,61-,62+/m1/s1. The summed E-state index contributed by atoms with van der Waals surface area (Å²) in [6.07, 6.45) is -9.89. The molecule has 23 nitrogen and oxygen atoms in total. The third-order valence-electron chi connectivity index (χ3n) is 22.4. The van der Waals surface area contributed by atoms with Crippen molar-refractivity contribution in [2.45, 2.75) is 318 Å². The average Bonchev–Trinajstić information content (AvgIpc) is 1.61. The highest BCUT2D eigenvalue weighted by atomic mass is 16.8. The number of hydrogen-bond acceptors (Lipinski definition) is 23. The van der Waals surface area contributed by atoms with Crippen LogP contribution in [0.3, 0.4) is 0 Å². The molecule has 32 atom stereocenters. The largest absolute Gasteiger partial charge is 0.462 e. The summed E-state index contributed by atoms with van der Waals surface area (Å²) < 4.78 is 99.7. The van der Waals surface area contributed by atoms with E-state index in [2.05, 4.69) is 6.92 Å². The third kappa shape index (κ3) is 12.9. The molecule has 0 aromatic heterocycles. The average molecular weight is 1220 g/mol. The van der Waals surface area contributed by atoms with Crippen LogP contribution in [0.1, 0.15) is 160 Å². The normalized spacial score (nSPS) is 50.9. The van der Waals surface area contributed by atoms with Crippen LogP contribution < -0.4 is 0 Å². The Balaban J connectivity index is 0.749. The highest BCUT2D eigenvalue weighted by Gasteiger charge is 2.77. The van der Waals surface area contributed by atoms with E-state index in [1.54, 1.807) is 42.1 Å². The minimum Gasteiger partial charge on any atom is -0.462 e. The number of aliphatic hydroxyl groups is 5. The van der Waals surface area contributed by atoms with Gasteiger partial charge in [-0.25, -0.2) is 0 Å². The molecule has 0 aromatic carbocycles. The molecule has 85 heavy (non-hydrogen) atoms. The second kappa shape index (κ2) is 27.2. The number of fused-ring (bicyclic) bond motifs is 5. The van der Waals surface area contributed by atoms with Crippen molar-refractivity contribution in [3.63, 3.8) is 0 Å². The molecule has 4 saturated carbocycles. The van der Waals surface area contributed by atoms with Gasteiger partial charge in [0.25, 0.3) is 0 Å². The zero-order valence-corrected chi connectivity index (χ0v) is 52.9. The lowest BCUT2D eigenvalue weighted by atomic mass is 9.42. The maximum atomic E-state index is 13.1. The maximum Gasteiger partial charge on any atom is 0.309 e. The van der Waals surface area contributed by atoms with Crippen molar-refractivity contribution in [2.24, 2.45) is 34.5 Å². The first-order valence-corrected chi connectivity index (χ1v) is 31.7. The Kier molecular flexibility index (Phi) is 21.6. The smallest absolute Gasteiger partial charge is 0.309 e. The lowest BCUT2D eigenvalue weighted by Gasteiger charge is -2.66. The van der Waals surface area contributed by atoms with Gasteiger partial charge in [-0.2, -0.15) is 0 Å². The van der Waals surface area contributed by atoms with Gasteiger partial charge in [0.05, 0.1) is 78.0 Å². The Morgan fingerprint density at radius 2 is 1.08 bits per heavy atom. The van der Waals surface area contributed by atoms with Gasteiger partial charge in [0, 0.05) is 61.0 Å². The van der Waals surface area contributed by atoms with E-state index in [1.807, 2.05) is 41.5 Å². The molecule has 0 amide bonds. The predicted octanol–water partition coefficient (Wildman–Crippen LogP) is 4.75. The highest BCUT2D eigenvalue weighted by molar-refractivity contribution is 5.72. The summed E-state index contributed by atoms with van der Waals surface area (Å²) in [4.78, 5) is 25.9. The Bertz CT molecular complexity index is 2200. The SMILES string of the molecule is CCC(C)C(=O)O[C@H](C)[C@]1(O)CC[C@]2(O)[C@@H]3CC[C@H]4C[C@@H](O[C@H]5C[C@H](O)[C@H](O[C@H]6C[C@H](OC)[C@H](O[C@H]7C[C@@H](OC)[C@H](O[C@H]8C[C@@H](OC)[C@H](O[C@@H]9O[C@H](C)[C@@H](O)[C@H](OC)[C@H]9O)[C@@H](C)O8)[C@@H](C)O7)[C@@H](C)O6)[C@@H](C)O5)CC[C@]4(C)[C@H]3C[C@@H](OC(C)=O)[C@]12C. The van der Waals surface area contributed by atoms with Gasteiger partial charge in [-0.05, 0) is 122 Å². The zero-order chi connectivity index (χ0) is 61.8. The van der Waals surface area contributed by atoms with Crippen molar-refractivity contribution in [3.8, 4) is 0 Å². The second-order valence-corrected chi connectivity index (χ2v) is 27.0. The van der Waals surface area contributed by atoms with E-state index in [4.69, 9.17) is 75.8 Å². The lowest BCUT2D eigenvalue weighted by molar-refractivity contribution is -0.357. The Morgan fingerprint density at radius 1 is 0.565 bits per heavy atom. The number of hydrogen-bond donors (Lipinski definition) is 5. The van der Waals surface area contributed by atoms with Crippen molar-refractivity contribution in [2.75, 3.05) is 28.4 Å². The molecule has 5 aliphatic heterocycles. The topological polar surface area (TPSA) is 283 Å². The van der Waals surface area contributed by atoms with Crippen LogP contribution in [0.2, 0.25) is 0 Å². The first kappa shape index (κ1) is 67.6. The molecule has 9 rings (SSSR count). The van der Waals surface area contributed by atoms with Crippen LogP contribution in [-0.4, -0.2) is 225 Å². The van der Waals surface area contributed by atoms with Crippen molar-refractivity contribution in [3.05, 3.63) is 0 Å². The first-order chi connectivity index (χ1) is 40.2. The van der Waals surface area contributed by atoms with Crippen molar-refractivity contribution in [1.82, 2.24) is 0 Å². The van der Waals surface area contributed by atoms with Crippen LogP contribution in [0.15, 0.2) is 0 Å². The van der Waals surface area contributed by atoms with E-state index in [9.17, 15) is 35.1 Å². The molecule has 0 aromatic rings. The molecular formula is C62H104O23. The van der Waals surface area contributed by atoms with Gasteiger partial charge in [-0.1, -0.05) is 27.7 Å². The van der Waals surface area contributed by atoms with E-state index in [1.165, 1.54) is 14.0 Å². The Hall–Kier alpha value is -1.82. The molecule has 490 valence electrons. The van der Waals surface area contributed by atoms with E-state index in [-0.39, 0.29) is 48.0 Å².